The van der Waals surface area contributed by atoms with E-state index in [0.29, 0.717) is 5.56 Å². The zero-order valence-electron chi connectivity index (χ0n) is 14.9. The second kappa shape index (κ2) is 9.51. The standard InChI is InChI=1S/C21H22O5/c1-25-20(23)18(21(24)26-2)13-17(15-9-5-3-6-10-15)14-19(22)16-11-7-4-8-12-16/h3-12,17-18H,13-14H2,1-2H3. The van der Waals surface area contributed by atoms with Gasteiger partial charge in [-0.25, -0.2) is 0 Å². The summed E-state index contributed by atoms with van der Waals surface area (Å²) in [6.45, 7) is 0. The predicted molar refractivity (Wildman–Crippen MR) is 96.7 cm³/mol. The smallest absolute Gasteiger partial charge is 0.320 e. The van der Waals surface area contributed by atoms with Crippen molar-refractivity contribution in [3.8, 4) is 0 Å². The number of carbonyl (C=O) groups excluding carboxylic acids is 3. The number of hydrogen-bond donors (Lipinski definition) is 0. The van der Waals surface area contributed by atoms with Crippen LogP contribution in [0.1, 0.15) is 34.7 Å². The summed E-state index contributed by atoms with van der Waals surface area (Å²) in [4.78, 5) is 36.7. The highest BCUT2D eigenvalue weighted by molar-refractivity contribution is 5.97. The molecule has 0 bridgehead atoms. The normalized spacial score (nSPS) is 11.7. The quantitative estimate of drug-likeness (QED) is 0.413. The zero-order valence-corrected chi connectivity index (χ0v) is 14.9. The molecular weight excluding hydrogens is 332 g/mol. The minimum absolute atomic E-state index is 0.0482. The summed E-state index contributed by atoms with van der Waals surface area (Å²) in [5.41, 5.74) is 1.48. The molecule has 0 saturated carbocycles. The first-order valence-electron chi connectivity index (χ1n) is 8.35. The van der Waals surface area contributed by atoms with Gasteiger partial charge < -0.3 is 9.47 Å². The Labute approximate surface area is 152 Å². The van der Waals surface area contributed by atoms with Crippen LogP contribution in [0.25, 0.3) is 0 Å². The van der Waals surface area contributed by atoms with Crippen molar-refractivity contribution in [3.05, 3.63) is 71.8 Å². The van der Waals surface area contributed by atoms with E-state index in [9.17, 15) is 14.4 Å². The van der Waals surface area contributed by atoms with Gasteiger partial charge in [0.05, 0.1) is 14.2 Å². The molecule has 0 N–H and O–H groups in total. The number of ether oxygens (including phenoxy) is 2. The number of benzene rings is 2. The lowest BCUT2D eigenvalue weighted by Gasteiger charge is -2.21. The maximum Gasteiger partial charge on any atom is 0.320 e. The molecule has 2 rings (SSSR count). The highest BCUT2D eigenvalue weighted by atomic mass is 16.5. The van der Waals surface area contributed by atoms with Crippen LogP contribution in [-0.4, -0.2) is 31.9 Å². The molecule has 1 atom stereocenters. The van der Waals surface area contributed by atoms with Gasteiger partial charge in [-0.15, -0.1) is 0 Å². The van der Waals surface area contributed by atoms with Crippen LogP contribution >= 0.6 is 0 Å². The molecular formula is C21H22O5. The minimum Gasteiger partial charge on any atom is -0.468 e. The topological polar surface area (TPSA) is 69.7 Å². The Balaban J connectivity index is 2.27. The number of rotatable bonds is 8. The largest absolute Gasteiger partial charge is 0.468 e. The summed E-state index contributed by atoms with van der Waals surface area (Å²) in [5, 5.41) is 0. The third-order valence-electron chi connectivity index (χ3n) is 4.29. The van der Waals surface area contributed by atoms with E-state index in [2.05, 4.69) is 0 Å². The maximum atomic E-state index is 12.7. The molecule has 1 unspecified atom stereocenters. The molecule has 136 valence electrons. The second-order valence-electron chi connectivity index (χ2n) is 5.94. The van der Waals surface area contributed by atoms with E-state index < -0.39 is 17.9 Å². The highest BCUT2D eigenvalue weighted by Gasteiger charge is 2.33. The first-order valence-corrected chi connectivity index (χ1v) is 8.35. The fourth-order valence-corrected chi connectivity index (χ4v) is 2.89. The summed E-state index contributed by atoms with van der Waals surface area (Å²) >= 11 is 0. The number of Topliss-reactive ketones (excluding diaryl/α,β-unsaturated/α-hetero) is 1. The summed E-state index contributed by atoms with van der Waals surface area (Å²) in [6, 6.07) is 18.3. The average Bonchev–Trinajstić information content (AvgIpc) is 2.71. The fraction of sp³-hybridized carbons (Fsp3) is 0.286. The SMILES string of the molecule is COC(=O)C(CC(CC(=O)c1ccccc1)c1ccccc1)C(=O)OC. The number of methoxy groups -OCH3 is 2. The van der Waals surface area contributed by atoms with E-state index in [1.54, 1.807) is 24.3 Å². The fourth-order valence-electron chi connectivity index (χ4n) is 2.89. The van der Waals surface area contributed by atoms with Crippen molar-refractivity contribution < 1.29 is 23.9 Å². The van der Waals surface area contributed by atoms with Crippen LogP contribution in [0.15, 0.2) is 60.7 Å². The first-order chi connectivity index (χ1) is 12.6. The van der Waals surface area contributed by atoms with Gasteiger partial charge in [0.2, 0.25) is 0 Å². The molecule has 0 aromatic heterocycles. The number of hydrogen-bond acceptors (Lipinski definition) is 5. The third kappa shape index (κ3) is 5.02. The van der Waals surface area contributed by atoms with Crippen LogP contribution in [0.3, 0.4) is 0 Å². The lowest BCUT2D eigenvalue weighted by atomic mass is 9.84. The van der Waals surface area contributed by atoms with Gasteiger partial charge in [-0.05, 0) is 17.9 Å². The van der Waals surface area contributed by atoms with Crippen molar-refractivity contribution in [2.45, 2.75) is 18.8 Å². The summed E-state index contributed by atoms with van der Waals surface area (Å²) in [7, 11) is 2.45. The second-order valence-corrected chi connectivity index (χ2v) is 5.94. The van der Waals surface area contributed by atoms with Crippen molar-refractivity contribution in [2.24, 2.45) is 5.92 Å². The number of ketones is 1. The van der Waals surface area contributed by atoms with E-state index >= 15 is 0 Å². The Hall–Kier alpha value is -2.95. The first kappa shape index (κ1) is 19.4. The van der Waals surface area contributed by atoms with Crippen molar-refractivity contribution in [1.82, 2.24) is 0 Å². The molecule has 0 spiro atoms. The molecule has 5 heteroatoms. The number of carbonyl (C=O) groups is 3. The molecule has 0 amide bonds. The molecule has 2 aromatic rings. The minimum atomic E-state index is -1.07. The van der Waals surface area contributed by atoms with Gasteiger partial charge in [0.1, 0.15) is 0 Å². The summed E-state index contributed by atoms with van der Waals surface area (Å²) < 4.78 is 9.47. The molecule has 0 aliphatic rings. The Morgan fingerprint density at radius 1 is 0.808 bits per heavy atom. The van der Waals surface area contributed by atoms with Crippen LogP contribution in [0.4, 0.5) is 0 Å². The molecule has 2 aromatic carbocycles. The van der Waals surface area contributed by atoms with E-state index in [1.807, 2.05) is 36.4 Å². The Kier molecular flexibility index (Phi) is 7.09. The lowest BCUT2D eigenvalue weighted by Crippen LogP contribution is -2.29. The van der Waals surface area contributed by atoms with Gasteiger partial charge >= 0.3 is 11.9 Å². The van der Waals surface area contributed by atoms with Crippen LogP contribution in [-0.2, 0) is 19.1 Å². The van der Waals surface area contributed by atoms with Crippen LogP contribution in [0.5, 0.6) is 0 Å². The van der Waals surface area contributed by atoms with Gasteiger partial charge in [0.25, 0.3) is 0 Å². The molecule has 0 radical (unpaired) electrons. The van der Waals surface area contributed by atoms with Crippen LogP contribution < -0.4 is 0 Å². The molecule has 0 fully saturated rings. The third-order valence-corrected chi connectivity index (χ3v) is 4.29. The van der Waals surface area contributed by atoms with E-state index in [1.165, 1.54) is 14.2 Å². The summed E-state index contributed by atoms with van der Waals surface area (Å²) in [6.07, 6.45) is 0.320. The van der Waals surface area contributed by atoms with E-state index in [4.69, 9.17) is 9.47 Å². The maximum absolute atomic E-state index is 12.7. The average molecular weight is 354 g/mol. The van der Waals surface area contributed by atoms with Crippen molar-refractivity contribution in [3.63, 3.8) is 0 Å². The van der Waals surface area contributed by atoms with Crippen LogP contribution in [0.2, 0.25) is 0 Å². The van der Waals surface area contributed by atoms with E-state index in [-0.39, 0.29) is 24.5 Å². The van der Waals surface area contributed by atoms with E-state index in [0.717, 1.165) is 5.56 Å². The van der Waals surface area contributed by atoms with Crippen molar-refractivity contribution in [1.29, 1.82) is 0 Å². The van der Waals surface area contributed by atoms with Gasteiger partial charge in [0.15, 0.2) is 11.7 Å². The lowest BCUT2D eigenvalue weighted by molar-refractivity contribution is -0.159. The Morgan fingerprint density at radius 2 is 1.31 bits per heavy atom. The molecule has 0 heterocycles. The van der Waals surface area contributed by atoms with Gasteiger partial charge in [0, 0.05) is 12.0 Å². The number of esters is 2. The Bertz CT molecular complexity index is 724. The molecule has 0 aliphatic heterocycles. The molecule has 0 aliphatic carbocycles. The van der Waals surface area contributed by atoms with Crippen molar-refractivity contribution in [2.75, 3.05) is 14.2 Å². The monoisotopic (exact) mass is 354 g/mol. The summed E-state index contributed by atoms with van der Waals surface area (Å²) in [5.74, 6) is -2.76. The Morgan fingerprint density at radius 3 is 1.81 bits per heavy atom. The highest BCUT2D eigenvalue weighted by Crippen LogP contribution is 2.30. The van der Waals surface area contributed by atoms with Gasteiger partial charge in [-0.3, -0.25) is 14.4 Å². The molecule has 0 saturated heterocycles. The molecule has 5 nitrogen and oxygen atoms in total. The predicted octanol–water partition coefficient (Wildman–Crippen LogP) is 3.40. The van der Waals surface area contributed by atoms with Gasteiger partial charge in [-0.2, -0.15) is 0 Å². The van der Waals surface area contributed by atoms with Crippen molar-refractivity contribution >= 4 is 17.7 Å². The molecule has 26 heavy (non-hydrogen) atoms. The van der Waals surface area contributed by atoms with Crippen LogP contribution in [0, 0.1) is 5.92 Å². The van der Waals surface area contributed by atoms with Gasteiger partial charge in [-0.1, -0.05) is 60.7 Å². The zero-order chi connectivity index (χ0) is 18.9.